The summed E-state index contributed by atoms with van der Waals surface area (Å²) in [5.74, 6) is 0.738. The summed E-state index contributed by atoms with van der Waals surface area (Å²) in [6.45, 7) is 4.22. The Morgan fingerprint density at radius 2 is 2.15 bits per heavy atom. The number of para-hydroxylation sites is 1. The summed E-state index contributed by atoms with van der Waals surface area (Å²) in [5, 5.41) is 1.27. The molecule has 1 aromatic carbocycles. The monoisotopic (exact) mass is 288 g/mol. The van der Waals surface area contributed by atoms with Crippen LogP contribution in [0.15, 0.2) is 30.3 Å². The molecule has 2 aromatic rings. The van der Waals surface area contributed by atoms with Crippen LogP contribution in [0.4, 0.5) is 0 Å². The molecule has 3 heteroatoms. The normalized spacial score (nSPS) is 20.4. The lowest BCUT2D eigenvalue weighted by Gasteiger charge is -2.34. The van der Waals surface area contributed by atoms with Crippen LogP contribution in [0.2, 0.25) is 0 Å². The molecule has 0 spiro atoms. The predicted octanol–water partition coefficient (Wildman–Crippen LogP) is 4.14. The van der Waals surface area contributed by atoms with Gasteiger partial charge in [-0.05, 0) is 44.0 Å². The van der Waals surface area contributed by atoms with Crippen LogP contribution in [-0.2, 0) is 6.54 Å². The Bertz CT molecular complexity index is 597. The van der Waals surface area contributed by atoms with Gasteiger partial charge in [0.1, 0.15) is 0 Å². The predicted molar refractivity (Wildman–Crippen MR) is 85.2 cm³/mol. The average Bonchev–Trinajstić information content (AvgIpc) is 2.47. The fraction of sp³-hybridized carbons (Fsp3) is 0.471. The lowest BCUT2D eigenvalue weighted by Crippen LogP contribution is -2.40. The number of piperidine rings is 1. The van der Waals surface area contributed by atoms with Gasteiger partial charge >= 0.3 is 0 Å². The van der Waals surface area contributed by atoms with Crippen LogP contribution in [-0.4, -0.2) is 28.4 Å². The smallest absolute Gasteiger partial charge is 0.0708 e. The molecule has 0 radical (unpaired) electrons. The summed E-state index contributed by atoms with van der Waals surface area (Å²) in [7, 11) is 0. The number of likely N-dealkylation sites (tertiary alicyclic amines) is 1. The minimum Gasteiger partial charge on any atom is -0.295 e. The maximum atomic E-state index is 6.14. The molecule has 20 heavy (non-hydrogen) atoms. The van der Waals surface area contributed by atoms with Crippen LogP contribution in [0.5, 0.6) is 0 Å². The van der Waals surface area contributed by atoms with Gasteiger partial charge in [-0.2, -0.15) is 0 Å². The molecule has 0 N–H and O–H groups in total. The van der Waals surface area contributed by atoms with Crippen molar-refractivity contribution in [3.63, 3.8) is 0 Å². The zero-order chi connectivity index (χ0) is 13.9. The highest BCUT2D eigenvalue weighted by Gasteiger charge is 2.22. The van der Waals surface area contributed by atoms with Gasteiger partial charge < -0.3 is 0 Å². The van der Waals surface area contributed by atoms with E-state index in [4.69, 9.17) is 11.6 Å². The molecule has 1 saturated heterocycles. The average molecular weight is 289 g/mol. The molecule has 3 rings (SSSR count). The van der Waals surface area contributed by atoms with E-state index >= 15 is 0 Å². The van der Waals surface area contributed by atoms with Crippen molar-refractivity contribution in [2.75, 3.05) is 12.4 Å². The zero-order valence-electron chi connectivity index (χ0n) is 12.0. The lowest BCUT2D eigenvalue weighted by atomic mass is 10.0. The summed E-state index contributed by atoms with van der Waals surface area (Å²) in [6.07, 6.45) is 3.82. The third-order valence-corrected chi connectivity index (χ3v) is 4.59. The highest BCUT2D eigenvalue weighted by Crippen LogP contribution is 2.24. The van der Waals surface area contributed by atoms with Crippen LogP contribution in [0.1, 0.15) is 30.5 Å². The van der Waals surface area contributed by atoms with E-state index in [1.807, 2.05) is 0 Å². The standard InChI is InChI=1S/C17H21ClN2/c1-13-10-14(16-7-2-3-8-17(16)19-13)12-20-9-5-4-6-15(20)11-18/h2-3,7-8,10,15H,4-6,9,11-12H2,1H3. The molecule has 0 saturated carbocycles. The lowest BCUT2D eigenvalue weighted by molar-refractivity contribution is 0.155. The van der Waals surface area contributed by atoms with Crippen LogP contribution in [0.25, 0.3) is 10.9 Å². The molecule has 0 aliphatic carbocycles. The number of pyridine rings is 1. The molecule has 1 aromatic heterocycles. The molecule has 1 aliphatic rings. The third kappa shape index (κ3) is 2.82. The van der Waals surface area contributed by atoms with Crippen molar-refractivity contribution in [2.24, 2.45) is 0 Å². The molecule has 1 aliphatic heterocycles. The Hall–Kier alpha value is -1.12. The second-order valence-corrected chi connectivity index (χ2v) is 6.02. The van der Waals surface area contributed by atoms with Crippen molar-refractivity contribution in [2.45, 2.75) is 38.8 Å². The van der Waals surface area contributed by atoms with Crippen molar-refractivity contribution < 1.29 is 0 Å². The number of halogens is 1. The van der Waals surface area contributed by atoms with Gasteiger partial charge in [-0.1, -0.05) is 24.6 Å². The first-order valence-electron chi connectivity index (χ1n) is 7.43. The van der Waals surface area contributed by atoms with Gasteiger partial charge in [-0.15, -0.1) is 11.6 Å². The second kappa shape index (κ2) is 6.11. The molecule has 1 atom stereocenters. The molecular weight excluding hydrogens is 268 g/mol. The van der Waals surface area contributed by atoms with Crippen molar-refractivity contribution >= 4 is 22.5 Å². The van der Waals surface area contributed by atoms with Gasteiger partial charge in [0.15, 0.2) is 0 Å². The Morgan fingerprint density at radius 1 is 1.30 bits per heavy atom. The molecule has 0 bridgehead atoms. The van der Waals surface area contributed by atoms with Crippen molar-refractivity contribution in [3.05, 3.63) is 41.6 Å². The number of aromatic nitrogens is 1. The van der Waals surface area contributed by atoms with E-state index in [9.17, 15) is 0 Å². The first-order chi connectivity index (χ1) is 9.78. The number of fused-ring (bicyclic) bond motifs is 1. The van der Waals surface area contributed by atoms with Gasteiger partial charge in [0, 0.05) is 29.5 Å². The number of benzene rings is 1. The summed E-state index contributed by atoms with van der Waals surface area (Å²) in [5.41, 5.74) is 3.57. The van der Waals surface area contributed by atoms with Gasteiger partial charge in [0.05, 0.1) is 5.52 Å². The highest BCUT2D eigenvalue weighted by atomic mass is 35.5. The number of rotatable bonds is 3. The Kier molecular flexibility index (Phi) is 4.23. The highest BCUT2D eigenvalue weighted by molar-refractivity contribution is 6.18. The first-order valence-corrected chi connectivity index (χ1v) is 7.96. The van der Waals surface area contributed by atoms with Gasteiger partial charge in [-0.25, -0.2) is 0 Å². The minimum atomic E-state index is 0.526. The fourth-order valence-corrected chi connectivity index (χ4v) is 3.54. The van der Waals surface area contributed by atoms with E-state index in [1.165, 1.54) is 30.2 Å². The Labute approximate surface area is 125 Å². The Morgan fingerprint density at radius 3 is 3.00 bits per heavy atom. The van der Waals surface area contributed by atoms with Gasteiger partial charge in [0.25, 0.3) is 0 Å². The van der Waals surface area contributed by atoms with E-state index in [0.717, 1.165) is 30.2 Å². The van der Waals surface area contributed by atoms with Gasteiger partial charge in [-0.3, -0.25) is 9.88 Å². The van der Waals surface area contributed by atoms with Crippen LogP contribution in [0.3, 0.4) is 0 Å². The third-order valence-electron chi connectivity index (χ3n) is 4.23. The molecule has 106 valence electrons. The number of hydrogen-bond donors (Lipinski definition) is 0. The minimum absolute atomic E-state index is 0.526. The quantitative estimate of drug-likeness (QED) is 0.789. The summed E-state index contributed by atoms with van der Waals surface area (Å²) in [4.78, 5) is 7.16. The SMILES string of the molecule is Cc1cc(CN2CCCCC2CCl)c2ccccc2n1. The molecule has 1 fully saturated rings. The van der Waals surface area contributed by atoms with E-state index < -0.39 is 0 Å². The number of nitrogens with zero attached hydrogens (tertiary/aromatic N) is 2. The first kappa shape index (κ1) is 13.8. The van der Waals surface area contributed by atoms with Crippen molar-refractivity contribution in [1.82, 2.24) is 9.88 Å². The van der Waals surface area contributed by atoms with E-state index in [1.54, 1.807) is 0 Å². The molecular formula is C17H21ClN2. The van der Waals surface area contributed by atoms with Crippen molar-refractivity contribution in [1.29, 1.82) is 0 Å². The molecule has 0 amide bonds. The fourth-order valence-electron chi connectivity index (χ4n) is 3.19. The van der Waals surface area contributed by atoms with E-state index in [0.29, 0.717) is 6.04 Å². The molecule has 2 nitrogen and oxygen atoms in total. The van der Waals surface area contributed by atoms with Crippen molar-refractivity contribution in [3.8, 4) is 0 Å². The molecule has 2 heterocycles. The van der Waals surface area contributed by atoms with Gasteiger partial charge in [0.2, 0.25) is 0 Å². The Balaban J connectivity index is 1.93. The number of aryl methyl sites for hydroxylation is 1. The topological polar surface area (TPSA) is 16.1 Å². The van der Waals surface area contributed by atoms with Crippen LogP contribution < -0.4 is 0 Å². The van der Waals surface area contributed by atoms with Crippen LogP contribution in [0, 0.1) is 6.92 Å². The summed E-state index contributed by atoms with van der Waals surface area (Å²) in [6, 6.07) is 11.2. The maximum Gasteiger partial charge on any atom is 0.0708 e. The number of hydrogen-bond acceptors (Lipinski definition) is 2. The second-order valence-electron chi connectivity index (χ2n) is 5.71. The summed E-state index contributed by atoms with van der Waals surface area (Å²) >= 11 is 6.14. The molecule has 1 unspecified atom stereocenters. The van der Waals surface area contributed by atoms with E-state index in [-0.39, 0.29) is 0 Å². The largest absolute Gasteiger partial charge is 0.295 e. The maximum absolute atomic E-state index is 6.14. The van der Waals surface area contributed by atoms with E-state index in [2.05, 4.69) is 47.1 Å². The van der Waals surface area contributed by atoms with Crippen LogP contribution >= 0.6 is 11.6 Å². The summed E-state index contributed by atoms with van der Waals surface area (Å²) < 4.78 is 0. The zero-order valence-corrected chi connectivity index (χ0v) is 12.7. The number of alkyl halides is 1.